The molecule has 2 saturated heterocycles. The SMILES string of the molecule is CCNC(=NCCc1cccc(C)c1)N1CCOC(C2CCCO2)C1.I. The summed E-state index contributed by atoms with van der Waals surface area (Å²) < 4.78 is 11.8. The van der Waals surface area contributed by atoms with Gasteiger partial charge in [0.15, 0.2) is 5.96 Å². The van der Waals surface area contributed by atoms with Gasteiger partial charge in [0.1, 0.15) is 6.10 Å². The minimum Gasteiger partial charge on any atom is -0.375 e. The molecule has 26 heavy (non-hydrogen) atoms. The van der Waals surface area contributed by atoms with Gasteiger partial charge in [0.2, 0.25) is 0 Å². The third-order valence-corrected chi connectivity index (χ3v) is 4.85. The van der Waals surface area contributed by atoms with Crippen LogP contribution in [0.5, 0.6) is 0 Å². The van der Waals surface area contributed by atoms with E-state index in [4.69, 9.17) is 14.5 Å². The van der Waals surface area contributed by atoms with Crippen LogP contribution in [0.25, 0.3) is 0 Å². The van der Waals surface area contributed by atoms with E-state index in [1.165, 1.54) is 11.1 Å². The van der Waals surface area contributed by atoms with Crippen molar-refractivity contribution in [2.75, 3.05) is 39.4 Å². The Hall–Kier alpha value is -0.860. The summed E-state index contributed by atoms with van der Waals surface area (Å²) in [6.45, 7) is 9.30. The molecule has 2 aliphatic rings. The van der Waals surface area contributed by atoms with Gasteiger partial charge in [-0.1, -0.05) is 29.8 Å². The van der Waals surface area contributed by atoms with Crippen LogP contribution in [0.4, 0.5) is 0 Å². The maximum atomic E-state index is 5.96. The van der Waals surface area contributed by atoms with Crippen LogP contribution in [0, 0.1) is 6.92 Å². The van der Waals surface area contributed by atoms with Gasteiger partial charge in [0.05, 0.1) is 12.7 Å². The normalized spacial score (nSPS) is 23.6. The molecule has 2 heterocycles. The number of nitrogens with zero attached hydrogens (tertiary/aromatic N) is 2. The van der Waals surface area contributed by atoms with Crippen molar-refractivity contribution < 1.29 is 9.47 Å². The summed E-state index contributed by atoms with van der Waals surface area (Å²) in [4.78, 5) is 7.19. The van der Waals surface area contributed by atoms with E-state index in [0.717, 1.165) is 64.6 Å². The van der Waals surface area contributed by atoms with Crippen molar-refractivity contribution in [2.45, 2.75) is 45.3 Å². The zero-order valence-electron chi connectivity index (χ0n) is 15.9. The molecular weight excluding hydrogens is 441 g/mol. The first-order chi connectivity index (χ1) is 12.3. The van der Waals surface area contributed by atoms with Crippen molar-refractivity contribution in [3.05, 3.63) is 35.4 Å². The largest absolute Gasteiger partial charge is 0.375 e. The van der Waals surface area contributed by atoms with Gasteiger partial charge in [-0.05, 0) is 38.7 Å². The number of aliphatic imine (C=N–C) groups is 1. The van der Waals surface area contributed by atoms with E-state index in [1.54, 1.807) is 0 Å². The van der Waals surface area contributed by atoms with Crippen LogP contribution in [0.2, 0.25) is 0 Å². The summed E-state index contributed by atoms with van der Waals surface area (Å²) in [6, 6.07) is 8.67. The molecule has 5 nitrogen and oxygen atoms in total. The highest BCUT2D eigenvalue weighted by Crippen LogP contribution is 2.21. The summed E-state index contributed by atoms with van der Waals surface area (Å²) >= 11 is 0. The highest BCUT2D eigenvalue weighted by Gasteiger charge is 2.32. The first kappa shape index (κ1) is 21.4. The van der Waals surface area contributed by atoms with E-state index in [1.807, 2.05) is 0 Å². The van der Waals surface area contributed by atoms with Crippen molar-refractivity contribution in [3.8, 4) is 0 Å². The molecular formula is C20H32IN3O2. The average molecular weight is 473 g/mol. The lowest BCUT2D eigenvalue weighted by Crippen LogP contribution is -2.53. The summed E-state index contributed by atoms with van der Waals surface area (Å²) in [5.74, 6) is 1.00. The Bertz CT molecular complexity index is 576. The number of rotatable bonds is 5. The summed E-state index contributed by atoms with van der Waals surface area (Å²) in [6.07, 6.45) is 3.64. The fraction of sp³-hybridized carbons (Fsp3) is 0.650. The molecule has 0 spiro atoms. The third-order valence-electron chi connectivity index (χ3n) is 4.85. The second-order valence-electron chi connectivity index (χ2n) is 6.88. The minimum atomic E-state index is 0. The van der Waals surface area contributed by atoms with Gasteiger partial charge in [-0.15, -0.1) is 24.0 Å². The molecule has 1 aromatic rings. The number of aryl methyl sites for hydroxylation is 1. The van der Waals surface area contributed by atoms with Crippen molar-refractivity contribution in [1.82, 2.24) is 10.2 Å². The van der Waals surface area contributed by atoms with E-state index in [9.17, 15) is 0 Å². The van der Waals surface area contributed by atoms with Crippen LogP contribution in [0.3, 0.4) is 0 Å². The molecule has 3 rings (SSSR count). The second-order valence-corrected chi connectivity index (χ2v) is 6.88. The number of benzene rings is 1. The molecule has 0 saturated carbocycles. The van der Waals surface area contributed by atoms with E-state index in [2.05, 4.69) is 48.3 Å². The van der Waals surface area contributed by atoms with Gasteiger partial charge in [-0.3, -0.25) is 4.99 Å². The molecule has 2 aliphatic heterocycles. The smallest absolute Gasteiger partial charge is 0.194 e. The van der Waals surface area contributed by atoms with Gasteiger partial charge in [0.25, 0.3) is 0 Å². The van der Waals surface area contributed by atoms with Crippen LogP contribution in [0.15, 0.2) is 29.3 Å². The van der Waals surface area contributed by atoms with Crippen molar-refractivity contribution in [3.63, 3.8) is 0 Å². The summed E-state index contributed by atoms with van der Waals surface area (Å²) in [7, 11) is 0. The van der Waals surface area contributed by atoms with Crippen LogP contribution >= 0.6 is 24.0 Å². The Kier molecular flexibility index (Phi) is 9.15. The Balaban J connectivity index is 0.00000243. The van der Waals surface area contributed by atoms with Crippen LogP contribution in [-0.4, -0.2) is 62.5 Å². The number of nitrogens with one attached hydrogen (secondary N) is 1. The van der Waals surface area contributed by atoms with E-state index >= 15 is 0 Å². The monoisotopic (exact) mass is 473 g/mol. The molecule has 2 fully saturated rings. The fourth-order valence-electron chi connectivity index (χ4n) is 3.57. The molecule has 1 aromatic carbocycles. The lowest BCUT2D eigenvalue weighted by molar-refractivity contribution is -0.0817. The van der Waals surface area contributed by atoms with E-state index < -0.39 is 0 Å². The van der Waals surface area contributed by atoms with Crippen LogP contribution < -0.4 is 5.32 Å². The van der Waals surface area contributed by atoms with Crippen LogP contribution in [0.1, 0.15) is 30.9 Å². The average Bonchev–Trinajstić information content (AvgIpc) is 3.16. The molecule has 0 bridgehead atoms. The van der Waals surface area contributed by atoms with Gasteiger partial charge < -0.3 is 19.7 Å². The van der Waals surface area contributed by atoms with Crippen molar-refractivity contribution in [1.29, 1.82) is 0 Å². The number of ether oxygens (including phenoxy) is 2. The molecule has 6 heteroatoms. The number of hydrogen-bond donors (Lipinski definition) is 1. The van der Waals surface area contributed by atoms with Gasteiger partial charge in [0, 0.05) is 32.8 Å². The Morgan fingerprint density at radius 3 is 2.85 bits per heavy atom. The molecule has 0 aliphatic carbocycles. The zero-order chi connectivity index (χ0) is 17.5. The number of guanidine groups is 1. The molecule has 2 unspecified atom stereocenters. The molecule has 146 valence electrons. The Labute approximate surface area is 174 Å². The standard InChI is InChI=1S/C20H31N3O2.HI/c1-3-21-20(22-10-9-17-7-4-6-16(2)14-17)23-11-13-25-19(15-23)18-8-5-12-24-18;/h4,6-7,14,18-19H,3,5,8-13,15H2,1-2H3,(H,21,22);1H. The topological polar surface area (TPSA) is 46.1 Å². The fourth-order valence-corrected chi connectivity index (χ4v) is 3.57. The summed E-state index contributed by atoms with van der Waals surface area (Å²) in [5.41, 5.74) is 2.65. The minimum absolute atomic E-state index is 0. The predicted molar refractivity (Wildman–Crippen MR) is 117 cm³/mol. The highest BCUT2D eigenvalue weighted by molar-refractivity contribution is 14.0. The number of morpholine rings is 1. The molecule has 0 aromatic heterocycles. The molecule has 0 radical (unpaired) electrons. The quantitative estimate of drug-likeness (QED) is 0.406. The zero-order valence-corrected chi connectivity index (χ0v) is 18.3. The molecule has 1 N–H and O–H groups in total. The first-order valence-electron chi connectivity index (χ1n) is 9.58. The predicted octanol–water partition coefficient (Wildman–Crippen LogP) is 3.00. The first-order valence-corrected chi connectivity index (χ1v) is 9.58. The lowest BCUT2D eigenvalue weighted by Gasteiger charge is -2.37. The second kappa shape index (κ2) is 11.1. The lowest BCUT2D eigenvalue weighted by atomic mass is 10.1. The molecule has 2 atom stereocenters. The Morgan fingerprint density at radius 2 is 2.12 bits per heavy atom. The maximum absolute atomic E-state index is 5.96. The highest BCUT2D eigenvalue weighted by atomic mass is 127. The number of halogens is 1. The van der Waals surface area contributed by atoms with Crippen molar-refractivity contribution >= 4 is 29.9 Å². The van der Waals surface area contributed by atoms with Gasteiger partial charge >= 0.3 is 0 Å². The van der Waals surface area contributed by atoms with Gasteiger partial charge in [-0.25, -0.2) is 0 Å². The van der Waals surface area contributed by atoms with Gasteiger partial charge in [-0.2, -0.15) is 0 Å². The third kappa shape index (κ3) is 6.09. The van der Waals surface area contributed by atoms with Crippen molar-refractivity contribution in [2.24, 2.45) is 4.99 Å². The Morgan fingerprint density at radius 1 is 1.27 bits per heavy atom. The van der Waals surface area contributed by atoms with Crippen LogP contribution in [-0.2, 0) is 15.9 Å². The molecule has 0 amide bonds. The van der Waals surface area contributed by atoms with E-state index in [-0.39, 0.29) is 36.2 Å². The van der Waals surface area contributed by atoms with E-state index in [0.29, 0.717) is 0 Å². The number of hydrogen-bond acceptors (Lipinski definition) is 3. The summed E-state index contributed by atoms with van der Waals surface area (Å²) in [5, 5.41) is 3.44. The maximum Gasteiger partial charge on any atom is 0.194 e.